The predicted octanol–water partition coefficient (Wildman–Crippen LogP) is 3.30. The normalized spacial score (nSPS) is 11.2. The number of pyridine rings is 1. The molecule has 0 fully saturated rings. The van der Waals surface area contributed by atoms with Gasteiger partial charge in [-0.1, -0.05) is 27.5 Å². The molecule has 0 unspecified atom stereocenters. The summed E-state index contributed by atoms with van der Waals surface area (Å²) in [5.74, 6) is 0.249. The van der Waals surface area contributed by atoms with Crippen molar-refractivity contribution in [3.63, 3.8) is 0 Å². The van der Waals surface area contributed by atoms with Gasteiger partial charge in [0.15, 0.2) is 0 Å². The molecule has 0 radical (unpaired) electrons. The minimum Gasteiger partial charge on any atom is -0.263 e. The molecule has 94 valence electrons. The fourth-order valence-electron chi connectivity index (χ4n) is 1.27. The SMILES string of the molecule is O=S(=O)(Nc1cc(Br)ccn1)c1ccc(Cl)cc1. The number of halogens is 2. The zero-order valence-corrected chi connectivity index (χ0v) is 12.1. The van der Waals surface area contributed by atoms with E-state index in [1.807, 2.05) is 0 Å². The van der Waals surface area contributed by atoms with Crippen LogP contribution in [0.1, 0.15) is 0 Å². The van der Waals surface area contributed by atoms with Crippen LogP contribution in [0, 0.1) is 0 Å². The largest absolute Gasteiger partial charge is 0.263 e. The second-order valence-corrected chi connectivity index (χ2v) is 6.45. The minimum atomic E-state index is -3.64. The maximum Gasteiger partial charge on any atom is 0.263 e. The van der Waals surface area contributed by atoms with Gasteiger partial charge in [-0.05, 0) is 36.4 Å². The fourth-order valence-corrected chi connectivity index (χ4v) is 2.73. The molecule has 0 aliphatic heterocycles. The Morgan fingerprint density at radius 1 is 1.17 bits per heavy atom. The summed E-state index contributed by atoms with van der Waals surface area (Å²) in [5, 5.41) is 0.481. The third-order valence-electron chi connectivity index (χ3n) is 2.08. The highest BCUT2D eigenvalue weighted by atomic mass is 79.9. The Labute approximate surface area is 118 Å². The number of nitrogens with one attached hydrogen (secondary N) is 1. The van der Waals surface area contributed by atoms with Crippen molar-refractivity contribution in [1.29, 1.82) is 0 Å². The van der Waals surface area contributed by atoms with Gasteiger partial charge in [-0.3, -0.25) is 4.72 Å². The van der Waals surface area contributed by atoms with Crippen molar-refractivity contribution >= 4 is 43.4 Å². The van der Waals surface area contributed by atoms with Gasteiger partial charge in [-0.2, -0.15) is 0 Å². The van der Waals surface area contributed by atoms with Crippen LogP contribution in [0.2, 0.25) is 5.02 Å². The first-order chi connectivity index (χ1) is 8.47. The fraction of sp³-hybridized carbons (Fsp3) is 0. The Bertz CT molecular complexity index is 659. The van der Waals surface area contributed by atoms with Gasteiger partial charge in [-0.25, -0.2) is 13.4 Å². The lowest BCUT2D eigenvalue weighted by molar-refractivity contribution is 0.601. The summed E-state index contributed by atoms with van der Waals surface area (Å²) in [6.07, 6.45) is 1.50. The Morgan fingerprint density at radius 2 is 1.83 bits per heavy atom. The van der Waals surface area contributed by atoms with Crippen LogP contribution in [0.15, 0.2) is 52.0 Å². The number of benzene rings is 1. The summed E-state index contributed by atoms with van der Waals surface area (Å²) in [5.41, 5.74) is 0. The third kappa shape index (κ3) is 3.22. The van der Waals surface area contributed by atoms with Crippen molar-refractivity contribution in [3.05, 3.63) is 52.1 Å². The average Bonchev–Trinajstić information content (AvgIpc) is 2.29. The zero-order valence-electron chi connectivity index (χ0n) is 8.97. The van der Waals surface area contributed by atoms with E-state index in [1.165, 1.54) is 30.5 Å². The van der Waals surface area contributed by atoms with Gasteiger partial charge in [0.2, 0.25) is 0 Å². The topological polar surface area (TPSA) is 59.1 Å². The van der Waals surface area contributed by atoms with Crippen molar-refractivity contribution in [2.75, 3.05) is 4.72 Å². The highest BCUT2D eigenvalue weighted by Gasteiger charge is 2.14. The van der Waals surface area contributed by atoms with Crippen LogP contribution in [0.4, 0.5) is 5.82 Å². The molecule has 2 rings (SSSR count). The Morgan fingerprint density at radius 3 is 2.44 bits per heavy atom. The number of hydrogen-bond donors (Lipinski definition) is 1. The van der Waals surface area contributed by atoms with E-state index in [2.05, 4.69) is 25.6 Å². The van der Waals surface area contributed by atoms with E-state index < -0.39 is 10.0 Å². The molecule has 0 saturated carbocycles. The second kappa shape index (κ2) is 5.26. The van der Waals surface area contributed by atoms with Crippen molar-refractivity contribution < 1.29 is 8.42 Å². The molecule has 1 heterocycles. The van der Waals surface area contributed by atoms with E-state index in [0.717, 1.165) is 4.47 Å². The van der Waals surface area contributed by atoms with E-state index in [9.17, 15) is 8.42 Å². The van der Waals surface area contributed by atoms with E-state index in [0.29, 0.717) is 5.02 Å². The Hall–Kier alpha value is -1.11. The van der Waals surface area contributed by atoms with E-state index in [1.54, 1.807) is 12.1 Å². The van der Waals surface area contributed by atoms with Crippen LogP contribution in [-0.4, -0.2) is 13.4 Å². The summed E-state index contributed by atoms with van der Waals surface area (Å²) >= 11 is 8.95. The third-order valence-corrected chi connectivity index (χ3v) is 4.20. The maximum atomic E-state index is 12.0. The Kier molecular flexibility index (Phi) is 3.89. The molecule has 0 saturated heterocycles. The van der Waals surface area contributed by atoms with Gasteiger partial charge < -0.3 is 0 Å². The van der Waals surface area contributed by atoms with Crippen molar-refractivity contribution in [2.45, 2.75) is 4.90 Å². The number of hydrogen-bond acceptors (Lipinski definition) is 3. The van der Waals surface area contributed by atoms with Crippen LogP contribution in [0.25, 0.3) is 0 Å². The molecule has 0 spiro atoms. The molecule has 0 atom stereocenters. The molecule has 1 N–H and O–H groups in total. The molecule has 0 amide bonds. The number of aromatic nitrogens is 1. The van der Waals surface area contributed by atoms with Gasteiger partial charge >= 0.3 is 0 Å². The predicted molar refractivity (Wildman–Crippen MR) is 74.2 cm³/mol. The van der Waals surface area contributed by atoms with Crippen molar-refractivity contribution in [2.24, 2.45) is 0 Å². The number of nitrogens with zero attached hydrogens (tertiary/aromatic N) is 1. The van der Waals surface area contributed by atoms with Crippen LogP contribution in [0.3, 0.4) is 0 Å². The molecule has 1 aromatic heterocycles. The van der Waals surface area contributed by atoms with Gasteiger partial charge in [0.25, 0.3) is 10.0 Å². The molecule has 0 bridgehead atoms. The average molecular weight is 348 g/mol. The molecule has 1 aromatic carbocycles. The van der Waals surface area contributed by atoms with E-state index >= 15 is 0 Å². The van der Waals surface area contributed by atoms with Gasteiger partial charge in [0.1, 0.15) is 5.82 Å². The minimum absolute atomic E-state index is 0.133. The summed E-state index contributed by atoms with van der Waals surface area (Å²) in [4.78, 5) is 4.05. The molecular weight excluding hydrogens is 340 g/mol. The lowest BCUT2D eigenvalue weighted by Crippen LogP contribution is -2.13. The first-order valence-corrected chi connectivity index (χ1v) is 7.53. The van der Waals surface area contributed by atoms with Crippen LogP contribution >= 0.6 is 27.5 Å². The molecule has 7 heteroatoms. The quantitative estimate of drug-likeness (QED) is 0.927. The summed E-state index contributed by atoms with van der Waals surface area (Å²) < 4.78 is 27.2. The molecule has 0 aliphatic rings. The van der Waals surface area contributed by atoms with Gasteiger partial charge in [0.05, 0.1) is 4.90 Å². The van der Waals surface area contributed by atoms with Gasteiger partial charge in [0, 0.05) is 15.7 Å². The highest BCUT2D eigenvalue weighted by Crippen LogP contribution is 2.19. The molecular formula is C11H8BrClN2O2S. The first-order valence-electron chi connectivity index (χ1n) is 4.87. The second-order valence-electron chi connectivity index (χ2n) is 3.42. The lowest BCUT2D eigenvalue weighted by atomic mass is 10.4. The van der Waals surface area contributed by atoms with E-state index in [-0.39, 0.29) is 10.7 Å². The first kappa shape index (κ1) is 13.3. The summed E-state index contributed by atoms with van der Waals surface area (Å²) in [6.45, 7) is 0. The lowest BCUT2D eigenvalue weighted by Gasteiger charge is -2.07. The number of sulfonamides is 1. The van der Waals surface area contributed by atoms with Crippen molar-refractivity contribution in [1.82, 2.24) is 4.98 Å². The van der Waals surface area contributed by atoms with Gasteiger partial charge in [-0.15, -0.1) is 0 Å². The molecule has 0 aliphatic carbocycles. The van der Waals surface area contributed by atoms with Crippen molar-refractivity contribution in [3.8, 4) is 0 Å². The van der Waals surface area contributed by atoms with Crippen LogP contribution in [-0.2, 0) is 10.0 Å². The van der Waals surface area contributed by atoms with E-state index in [4.69, 9.17) is 11.6 Å². The summed E-state index contributed by atoms with van der Waals surface area (Å²) in [7, 11) is -3.64. The van der Waals surface area contributed by atoms with Crippen LogP contribution < -0.4 is 4.72 Å². The van der Waals surface area contributed by atoms with Crippen LogP contribution in [0.5, 0.6) is 0 Å². The summed E-state index contributed by atoms with van der Waals surface area (Å²) in [6, 6.07) is 9.19. The molecule has 4 nitrogen and oxygen atoms in total. The maximum absolute atomic E-state index is 12.0. The standard InChI is InChI=1S/C11H8BrClN2O2S/c12-8-5-6-14-11(7-8)15-18(16,17)10-3-1-9(13)2-4-10/h1-7H,(H,14,15). The monoisotopic (exact) mass is 346 g/mol. The molecule has 2 aromatic rings. The zero-order chi connectivity index (χ0) is 13.2. The number of rotatable bonds is 3. The number of anilines is 1. The smallest absolute Gasteiger partial charge is 0.263 e. The Balaban J connectivity index is 2.30. The molecule has 18 heavy (non-hydrogen) atoms. The highest BCUT2D eigenvalue weighted by molar-refractivity contribution is 9.10.